The molecule has 1 aliphatic heterocycles. The number of carboxylic acid groups (broad SMARTS) is 1. The van der Waals surface area contributed by atoms with Crippen LogP contribution in [-0.2, 0) is 0 Å². The van der Waals surface area contributed by atoms with Gasteiger partial charge in [0.2, 0.25) is 0 Å². The van der Waals surface area contributed by atoms with Crippen molar-refractivity contribution < 1.29 is 14.7 Å². The summed E-state index contributed by atoms with van der Waals surface area (Å²) in [7, 11) is 0. The fourth-order valence-corrected chi connectivity index (χ4v) is 5.77. The molecule has 1 saturated heterocycles. The van der Waals surface area contributed by atoms with E-state index in [0.717, 1.165) is 30.7 Å². The SMILES string of the molecule is CCC1(C)CCC(c2nc(-c3ccc(C(=O)Nc4cc(C5CC5)ccn4)cc3)c3c(N)nccn23)CN1C(=O)O. The van der Waals surface area contributed by atoms with Crippen LogP contribution in [0.4, 0.5) is 16.4 Å². The van der Waals surface area contributed by atoms with Gasteiger partial charge in [0, 0.05) is 47.7 Å². The van der Waals surface area contributed by atoms with Gasteiger partial charge in [0.15, 0.2) is 0 Å². The number of aromatic nitrogens is 4. The molecule has 6 rings (SSSR count). The zero-order chi connectivity index (χ0) is 28.0. The molecule has 10 nitrogen and oxygen atoms in total. The van der Waals surface area contributed by atoms with Crippen molar-refractivity contribution in [3.8, 4) is 11.3 Å². The van der Waals surface area contributed by atoms with Gasteiger partial charge in [0.25, 0.3) is 5.91 Å². The van der Waals surface area contributed by atoms with Crippen LogP contribution in [0.2, 0.25) is 0 Å². The van der Waals surface area contributed by atoms with Crippen molar-refractivity contribution in [2.45, 2.75) is 63.3 Å². The van der Waals surface area contributed by atoms with Crippen molar-refractivity contribution in [3.05, 3.63) is 71.9 Å². The molecule has 10 heteroatoms. The Balaban J connectivity index is 1.29. The standard InChI is InChI=1S/C30H33N7O3/c1-3-30(2)12-10-22(17-37(30)29(39)40)27-35-24(25-26(31)33-14-15-36(25)27)19-6-8-20(9-7-19)28(38)34-23-16-21(11-13-32-23)18-4-5-18/h6-9,11,13-16,18,22H,3-5,10,12,17H2,1-2H3,(H2,31,33)(H,39,40)(H,32,34,38). The van der Waals surface area contributed by atoms with E-state index in [0.29, 0.717) is 40.9 Å². The molecule has 2 fully saturated rings. The largest absolute Gasteiger partial charge is 0.465 e. The number of carbonyl (C=O) groups is 2. The first-order chi connectivity index (χ1) is 19.3. The first-order valence-corrected chi connectivity index (χ1v) is 13.8. The van der Waals surface area contributed by atoms with Crippen molar-refractivity contribution in [2.24, 2.45) is 0 Å². The van der Waals surface area contributed by atoms with Crippen LogP contribution in [0.15, 0.2) is 55.0 Å². The fourth-order valence-electron chi connectivity index (χ4n) is 5.77. The zero-order valence-electron chi connectivity index (χ0n) is 22.7. The zero-order valence-corrected chi connectivity index (χ0v) is 22.7. The number of amides is 2. The van der Waals surface area contributed by atoms with E-state index < -0.39 is 11.6 Å². The van der Waals surface area contributed by atoms with E-state index in [1.807, 2.05) is 48.7 Å². The lowest BCUT2D eigenvalue weighted by molar-refractivity contribution is 0.0461. The summed E-state index contributed by atoms with van der Waals surface area (Å²) in [6.07, 6.45) is 8.93. The molecule has 2 atom stereocenters. The summed E-state index contributed by atoms with van der Waals surface area (Å²) in [5, 5.41) is 12.8. The van der Waals surface area contributed by atoms with Crippen molar-refractivity contribution in [1.29, 1.82) is 0 Å². The van der Waals surface area contributed by atoms with E-state index in [9.17, 15) is 14.7 Å². The summed E-state index contributed by atoms with van der Waals surface area (Å²) < 4.78 is 1.93. The lowest BCUT2D eigenvalue weighted by atomic mass is 9.81. The second-order valence-corrected chi connectivity index (χ2v) is 11.1. The van der Waals surface area contributed by atoms with Crippen LogP contribution in [0.3, 0.4) is 0 Å². The van der Waals surface area contributed by atoms with Gasteiger partial charge in [-0.3, -0.25) is 9.20 Å². The van der Waals surface area contributed by atoms with Crippen molar-refractivity contribution in [2.75, 3.05) is 17.6 Å². The minimum atomic E-state index is -0.917. The second-order valence-electron chi connectivity index (χ2n) is 11.1. The van der Waals surface area contributed by atoms with E-state index in [1.54, 1.807) is 29.4 Å². The number of hydrogen-bond donors (Lipinski definition) is 3. The van der Waals surface area contributed by atoms with Crippen LogP contribution in [0, 0.1) is 0 Å². The number of carbonyl (C=O) groups excluding carboxylic acids is 1. The third-order valence-corrected chi connectivity index (χ3v) is 8.55. The van der Waals surface area contributed by atoms with Gasteiger partial charge in [0.1, 0.15) is 28.7 Å². The van der Waals surface area contributed by atoms with Crippen LogP contribution in [-0.4, -0.2) is 53.4 Å². The number of nitrogen functional groups attached to an aromatic ring is 1. The van der Waals surface area contributed by atoms with Gasteiger partial charge in [-0.05, 0) is 74.8 Å². The van der Waals surface area contributed by atoms with Crippen LogP contribution in [0.1, 0.15) is 79.5 Å². The van der Waals surface area contributed by atoms with E-state index in [4.69, 9.17) is 10.7 Å². The number of nitrogens with two attached hydrogens (primary N) is 1. The van der Waals surface area contributed by atoms with Gasteiger partial charge in [0.05, 0.1) is 0 Å². The summed E-state index contributed by atoms with van der Waals surface area (Å²) >= 11 is 0. The van der Waals surface area contributed by atoms with Gasteiger partial charge >= 0.3 is 6.09 Å². The molecule has 206 valence electrons. The Morgan fingerprint density at radius 1 is 1.10 bits per heavy atom. The molecule has 0 bridgehead atoms. The van der Waals surface area contributed by atoms with E-state index in [-0.39, 0.29) is 11.8 Å². The Kier molecular flexibility index (Phi) is 6.40. The molecule has 4 aromatic rings. The summed E-state index contributed by atoms with van der Waals surface area (Å²) in [6, 6.07) is 11.2. The minimum absolute atomic E-state index is 0.0947. The van der Waals surface area contributed by atoms with Crippen LogP contribution in [0.5, 0.6) is 0 Å². The van der Waals surface area contributed by atoms with Gasteiger partial charge in [-0.15, -0.1) is 0 Å². The minimum Gasteiger partial charge on any atom is -0.465 e. The number of likely N-dealkylation sites (tertiary alicyclic amines) is 1. The van der Waals surface area contributed by atoms with Crippen molar-refractivity contribution in [1.82, 2.24) is 24.3 Å². The average molecular weight is 540 g/mol. The number of benzene rings is 1. The van der Waals surface area contributed by atoms with Crippen LogP contribution >= 0.6 is 0 Å². The Labute approximate surface area is 232 Å². The number of pyridine rings is 1. The smallest absolute Gasteiger partial charge is 0.407 e. The maximum atomic E-state index is 12.9. The predicted molar refractivity (Wildman–Crippen MR) is 152 cm³/mol. The number of nitrogens with zero attached hydrogens (tertiary/aromatic N) is 5. The quantitative estimate of drug-likeness (QED) is 0.293. The summed E-state index contributed by atoms with van der Waals surface area (Å²) in [4.78, 5) is 40.2. The molecule has 1 aromatic carbocycles. The van der Waals surface area contributed by atoms with Gasteiger partial charge in [-0.2, -0.15) is 0 Å². The molecular weight excluding hydrogens is 506 g/mol. The highest BCUT2D eigenvalue weighted by molar-refractivity contribution is 6.04. The van der Waals surface area contributed by atoms with Gasteiger partial charge in [-0.1, -0.05) is 19.1 Å². The van der Waals surface area contributed by atoms with E-state index in [1.165, 1.54) is 18.4 Å². The van der Waals surface area contributed by atoms with Crippen LogP contribution < -0.4 is 11.1 Å². The molecular formula is C30H33N7O3. The number of nitrogens with one attached hydrogen (secondary N) is 1. The number of fused-ring (bicyclic) bond motifs is 1. The maximum absolute atomic E-state index is 12.9. The number of imidazole rings is 1. The normalized spacial score (nSPS) is 20.9. The monoisotopic (exact) mass is 539 g/mol. The Hall–Kier alpha value is -4.47. The molecule has 4 N–H and O–H groups in total. The highest BCUT2D eigenvalue weighted by Gasteiger charge is 2.41. The average Bonchev–Trinajstić information content (AvgIpc) is 3.74. The number of anilines is 2. The highest BCUT2D eigenvalue weighted by atomic mass is 16.4. The molecule has 0 radical (unpaired) electrons. The molecule has 3 aromatic heterocycles. The molecule has 1 saturated carbocycles. The third kappa shape index (κ3) is 4.63. The van der Waals surface area contributed by atoms with Crippen molar-refractivity contribution >= 4 is 29.2 Å². The van der Waals surface area contributed by atoms with Gasteiger partial charge < -0.3 is 21.1 Å². The summed E-state index contributed by atoms with van der Waals surface area (Å²) in [5.74, 6) is 1.88. The summed E-state index contributed by atoms with van der Waals surface area (Å²) in [6.45, 7) is 4.39. The third-order valence-electron chi connectivity index (χ3n) is 8.55. The first-order valence-electron chi connectivity index (χ1n) is 13.8. The summed E-state index contributed by atoms with van der Waals surface area (Å²) in [5.41, 5.74) is 9.75. The second kappa shape index (κ2) is 9.93. The lowest BCUT2D eigenvalue weighted by Crippen LogP contribution is -2.53. The van der Waals surface area contributed by atoms with Crippen molar-refractivity contribution in [3.63, 3.8) is 0 Å². The molecule has 4 heterocycles. The maximum Gasteiger partial charge on any atom is 0.407 e. The van der Waals surface area contributed by atoms with E-state index >= 15 is 0 Å². The van der Waals surface area contributed by atoms with Gasteiger partial charge in [-0.25, -0.2) is 19.7 Å². The molecule has 40 heavy (non-hydrogen) atoms. The van der Waals surface area contributed by atoms with E-state index in [2.05, 4.69) is 15.3 Å². The Bertz CT molecular complexity index is 1590. The fraction of sp³-hybridized carbons (Fsp3) is 0.367. The predicted octanol–water partition coefficient (Wildman–Crippen LogP) is 5.53. The molecule has 2 aliphatic rings. The molecule has 1 aliphatic carbocycles. The Morgan fingerprint density at radius 3 is 2.58 bits per heavy atom. The first kappa shape index (κ1) is 25.8. The number of piperidine rings is 1. The molecule has 0 spiro atoms. The highest BCUT2D eigenvalue weighted by Crippen LogP contribution is 2.41. The Morgan fingerprint density at radius 2 is 1.88 bits per heavy atom. The van der Waals surface area contributed by atoms with Crippen LogP contribution in [0.25, 0.3) is 16.8 Å². The number of rotatable bonds is 6. The topological polar surface area (TPSA) is 139 Å². The molecule has 2 amide bonds. The lowest BCUT2D eigenvalue weighted by Gasteiger charge is -2.45. The molecule has 2 unspecified atom stereocenters. The number of hydrogen-bond acceptors (Lipinski definition) is 6.